The summed E-state index contributed by atoms with van der Waals surface area (Å²) in [5.74, 6) is 1.28. The van der Waals surface area contributed by atoms with Crippen LogP contribution in [0.25, 0.3) is 10.2 Å². The SMILES string of the molecule is Cc1sc2nc(SC[C@@H]3CCCCO3)n(CC(C)C)c(=O)c2c1C. The molecule has 1 aliphatic rings. The van der Waals surface area contributed by atoms with Crippen molar-refractivity contribution >= 4 is 33.3 Å². The Morgan fingerprint density at radius 1 is 1.38 bits per heavy atom. The molecule has 4 nitrogen and oxygen atoms in total. The number of fused-ring (bicyclic) bond motifs is 1. The highest BCUT2D eigenvalue weighted by atomic mass is 32.2. The van der Waals surface area contributed by atoms with Crippen molar-refractivity contribution in [3.05, 3.63) is 20.8 Å². The highest BCUT2D eigenvalue weighted by molar-refractivity contribution is 7.99. The van der Waals surface area contributed by atoms with Gasteiger partial charge in [-0.25, -0.2) is 4.98 Å². The zero-order valence-corrected chi connectivity index (χ0v) is 16.6. The van der Waals surface area contributed by atoms with Gasteiger partial charge in [-0.15, -0.1) is 11.3 Å². The van der Waals surface area contributed by atoms with Crippen molar-refractivity contribution in [2.75, 3.05) is 12.4 Å². The van der Waals surface area contributed by atoms with Crippen LogP contribution in [0.3, 0.4) is 0 Å². The van der Waals surface area contributed by atoms with Gasteiger partial charge in [0.1, 0.15) is 4.83 Å². The summed E-state index contributed by atoms with van der Waals surface area (Å²) < 4.78 is 7.70. The molecular weight excluding hydrogens is 340 g/mol. The Balaban J connectivity index is 1.96. The fraction of sp³-hybridized carbons (Fsp3) is 0.667. The number of hydrogen-bond donors (Lipinski definition) is 0. The molecule has 24 heavy (non-hydrogen) atoms. The molecule has 0 aromatic carbocycles. The van der Waals surface area contributed by atoms with Crippen LogP contribution in [0, 0.1) is 19.8 Å². The standard InChI is InChI=1S/C18H26N2O2S2/c1-11(2)9-20-17(21)15-12(3)13(4)24-16(15)19-18(20)23-10-14-7-5-6-8-22-14/h11,14H,5-10H2,1-4H3/t14-/m0/s1. The summed E-state index contributed by atoms with van der Waals surface area (Å²) in [6.07, 6.45) is 3.80. The van der Waals surface area contributed by atoms with Gasteiger partial charge in [0.15, 0.2) is 5.16 Å². The van der Waals surface area contributed by atoms with Crippen LogP contribution in [-0.4, -0.2) is 28.0 Å². The van der Waals surface area contributed by atoms with E-state index in [0.717, 1.165) is 46.1 Å². The molecule has 0 saturated carbocycles. The molecule has 0 amide bonds. The van der Waals surface area contributed by atoms with Crippen LogP contribution in [0.2, 0.25) is 0 Å². The predicted molar refractivity (Wildman–Crippen MR) is 103 cm³/mol. The highest BCUT2D eigenvalue weighted by Crippen LogP contribution is 2.29. The van der Waals surface area contributed by atoms with E-state index in [2.05, 4.69) is 20.8 Å². The molecule has 1 fully saturated rings. The van der Waals surface area contributed by atoms with E-state index in [1.807, 2.05) is 11.5 Å². The summed E-state index contributed by atoms with van der Waals surface area (Å²) in [6.45, 7) is 9.95. The second-order valence-electron chi connectivity index (χ2n) is 6.97. The van der Waals surface area contributed by atoms with Crippen LogP contribution in [0.1, 0.15) is 43.6 Å². The van der Waals surface area contributed by atoms with Gasteiger partial charge in [0.2, 0.25) is 0 Å². The van der Waals surface area contributed by atoms with Gasteiger partial charge < -0.3 is 4.74 Å². The first-order chi connectivity index (χ1) is 11.5. The molecule has 3 heterocycles. The van der Waals surface area contributed by atoms with E-state index < -0.39 is 0 Å². The normalized spacial score (nSPS) is 18.6. The Morgan fingerprint density at radius 2 is 2.17 bits per heavy atom. The molecule has 2 aromatic heterocycles. The lowest BCUT2D eigenvalue weighted by Crippen LogP contribution is -2.27. The average molecular weight is 367 g/mol. The average Bonchev–Trinajstić information content (AvgIpc) is 2.84. The summed E-state index contributed by atoms with van der Waals surface area (Å²) in [4.78, 5) is 20.0. The lowest BCUT2D eigenvalue weighted by Gasteiger charge is -2.22. The Morgan fingerprint density at radius 3 is 2.83 bits per heavy atom. The maximum Gasteiger partial charge on any atom is 0.263 e. The second-order valence-corrected chi connectivity index (χ2v) is 9.16. The molecule has 0 bridgehead atoms. The largest absolute Gasteiger partial charge is 0.377 e. The lowest BCUT2D eigenvalue weighted by molar-refractivity contribution is 0.0315. The molecule has 0 aliphatic carbocycles. The van der Waals surface area contributed by atoms with Gasteiger partial charge in [-0.3, -0.25) is 9.36 Å². The summed E-state index contributed by atoms with van der Waals surface area (Å²) in [5, 5.41) is 1.65. The summed E-state index contributed by atoms with van der Waals surface area (Å²) in [5.41, 5.74) is 1.19. The fourth-order valence-electron chi connectivity index (χ4n) is 3.05. The molecule has 1 saturated heterocycles. The maximum atomic E-state index is 13.1. The first kappa shape index (κ1) is 18.0. The smallest absolute Gasteiger partial charge is 0.263 e. The Kier molecular flexibility index (Phi) is 5.67. The van der Waals surface area contributed by atoms with Crippen molar-refractivity contribution in [3.8, 4) is 0 Å². The maximum absolute atomic E-state index is 13.1. The molecule has 2 aromatic rings. The van der Waals surface area contributed by atoms with Crippen LogP contribution in [0.4, 0.5) is 0 Å². The van der Waals surface area contributed by atoms with Crippen LogP contribution in [0.5, 0.6) is 0 Å². The number of thiophene rings is 1. The van der Waals surface area contributed by atoms with E-state index in [1.165, 1.54) is 11.3 Å². The number of rotatable bonds is 5. The van der Waals surface area contributed by atoms with Crippen molar-refractivity contribution in [3.63, 3.8) is 0 Å². The van der Waals surface area contributed by atoms with Crippen LogP contribution in [0.15, 0.2) is 9.95 Å². The number of ether oxygens (including phenoxy) is 1. The monoisotopic (exact) mass is 366 g/mol. The second kappa shape index (κ2) is 7.58. The van der Waals surface area contributed by atoms with Crippen LogP contribution in [-0.2, 0) is 11.3 Å². The molecule has 3 rings (SSSR count). The molecule has 0 radical (unpaired) electrons. The number of nitrogens with zero attached hydrogens (tertiary/aromatic N) is 2. The molecule has 0 unspecified atom stereocenters. The minimum Gasteiger partial charge on any atom is -0.377 e. The molecule has 6 heteroatoms. The van der Waals surface area contributed by atoms with E-state index in [9.17, 15) is 4.79 Å². The highest BCUT2D eigenvalue weighted by Gasteiger charge is 2.20. The van der Waals surface area contributed by atoms with Crippen LogP contribution >= 0.6 is 23.1 Å². The molecule has 1 atom stereocenters. The van der Waals surface area contributed by atoms with Crippen molar-refractivity contribution in [2.24, 2.45) is 5.92 Å². The third kappa shape index (κ3) is 3.70. The molecule has 132 valence electrons. The number of aryl methyl sites for hydroxylation is 2. The van der Waals surface area contributed by atoms with E-state index >= 15 is 0 Å². The number of aromatic nitrogens is 2. The van der Waals surface area contributed by atoms with Gasteiger partial charge in [-0.05, 0) is 44.6 Å². The molecular formula is C18H26N2O2S2. The Labute approximate surface area is 151 Å². The van der Waals surface area contributed by atoms with Gasteiger partial charge in [-0.2, -0.15) is 0 Å². The third-order valence-electron chi connectivity index (χ3n) is 4.47. The van der Waals surface area contributed by atoms with Crippen molar-refractivity contribution in [2.45, 2.75) is 64.8 Å². The van der Waals surface area contributed by atoms with E-state index in [4.69, 9.17) is 9.72 Å². The topological polar surface area (TPSA) is 44.1 Å². The molecule has 1 aliphatic heterocycles. The van der Waals surface area contributed by atoms with Gasteiger partial charge in [-0.1, -0.05) is 25.6 Å². The van der Waals surface area contributed by atoms with Gasteiger partial charge in [0.05, 0.1) is 11.5 Å². The first-order valence-corrected chi connectivity index (χ1v) is 10.5. The van der Waals surface area contributed by atoms with E-state index in [1.54, 1.807) is 23.1 Å². The van der Waals surface area contributed by atoms with Crippen molar-refractivity contribution in [1.82, 2.24) is 9.55 Å². The fourth-order valence-corrected chi connectivity index (χ4v) is 5.20. The quantitative estimate of drug-likeness (QED) is 0.581. The van der Waals surface area contributed by atoms with Gasteiger partial charge in [0, 0.05) is 23.8 Å². The summed E-state index contributed by atoms with van der Waals surface area (Å²) in [6, 6.07) is 0. The van der Waals surface area contributed by atoms with E-state index in [0.29, 0.717) is 12.5 Å². The Hall–Kier alpha value is -0.850. The minimum atomic E-state index is 0.114. The lowest BCUT2D eigenvalue weighted by atomic mass is 10.1. The third-order valence-corrected chi connectivity index (χ3v) is 6.68. The summed E-state index contributed by atoms with van der Waals surface area (Å²) >= 11 is 3.30. The zero-order chi connectivity index (χ0) is 17.3. The first-order valence-electron chi connectivity index (χ1n) is 8.72. The minimum absolute atomic E-state index is 0.114. The van der Waals surface area contributed by atoms with Crippen molar-refractivity contribution < 1.29 is 4.74 Å². The molecule has 0 spiro atoms. The molecule has 0 N–H and O–H groups in total. The van der Waals surface area contributed by atoms with Gasteiger partial charge in [0.25, 0.3) is 5.56 Å². The van der Waals surface area contributed by atoms with Crippen LogP contribution < -0.4 is 5.56 Å². The zero-order valence-electron chi connectivity index (χ0n) is 14.9. The summed E-state index contributed by atoms with van der Waals surface area (Å²) in [7, 11) is 0. The number of hydrogen-bond acceptors (Lipinski definition) is 5. The van der Waals surface area contributed by atoms with E-state index in [-0.39, 0.29) is 11.7 Å². The predicted octanol–water partition coefficient (Wildman–Crippen LogP) is 4.39. The van der Waals surface area contributed by atoms with Gasteiger partial charge >= 0.3 is 0 Å². The Bertz CT molecular complexity index is 773. The van der Waals surface area contributed by atoms with Crippen molar-refractivity contribution in [1.29, 1.82) is 0 Å². The number of thioether (sulfide) groups is 1.